The number of halogens is 1. The number of nitrogens with zero attached hydrogens (tertiary/aromatic N) is 1. The number of amides is 1. The minimum absolute atomic E-state index is 0.114. The summed E-state index contributed by atoms with van der Waals surface area (Å²) < 4.78 is 23.8. The highest BCUT2D eigenvalue weighted by Crippen LogP contribution is 2.28. The van der Waals surface area contributed by atoms with Crippen molar-refractivity contribution in [3.8, 4) is 17.1 Å². The number of nitrogens with one attached hydrogen (secondary N) is 1. The molecule has 3 rings (SSSR count). The van der Waals surface area contributed by atoms with E-state index in [4.69, 9.17) is 9.15 Å². The zero-order valence-electron chi connectivity index (χ0n) is 14.9. The number of ether oxygens (including phenoxy) is 1. The summed E-state index contributed by atoms with van der Waals surface area (Å²) in [5.74, 6) is 0.880. The Balaban J connectivity index is 1.54. The minimum atomic E-state index is -0.372. The molecule has 140 valence electrons. The summed E-state index contributed by atoms with van der Waals surface area (Å²) in [5, 5.41) is 2.91. The normalized spacial score (nSPS) is 11.8. The van der Waals surface area contributed by atoms with Gasteiger partial charge in [0.1, 0.15) is 11.6 Å². The SMILES string of the molecule is COc1ccc(CNC(=O)C(C)Sc2ncc(-c3ccc(F)cc3)o2)cc1. The number of hydrogen-bond acceptors (Lipinski definition) is 5. The van der Waals surface area contributed by atoms with Crippen molar-refractivity contribution in [2.75, 3.05) is 7.11 Å². The van der Waals surface area contributed by atoms with E-state index in [2.05, 4.69) is 10.3 Å². The number of benzene rings is 2. The van der Waals surface area contributed by atoms with E-state index < -0.39 is 0 Å². The number of oxazole rings is 1. The third-order valence-corrected chi connectivity index (χ3v) is 4.84. The zero-order chi connectivity index (χ0) is 19.2. The number of methoxy groups -OCH3 is 1. The van der Waals surface area contributed by atoms with Crippen molar-refractivity contribution in [3.05, 3.63) is 66.1 Å². The molecule has 0 aliphatic rings. The lowest BCUT2D eigenvalue weighted by molar-refractivity contribution is -0.120. The molecule has 0 spiro atoms. The molecule has 0 fully saturated rings. The largest absolute Gasteiger partial charge is 0.497 e. The van der Waals surface area contributed by atoms with Crippen LogP contribution in [0.1, 0.15) is 12.5 Å². The van der Waals surface area contributed by atoms with Crippen LogP contribution in [-0.4, -0.2) is 23.3 Å². The Hall–Kier alpha value is -2.80. The maximum atomic E-state index is 13.0. The van der Waals surface area contributed by atoms with Gasteiger partial charge in [-0.3, -0.25) is 4.79 Å². The quantitative estimate of drug-likeness (QED) is 0.614. The molecule has 5 nitrogen and oxygen atoms in total. The maximum Gasteiger partial charge on any atom is 0.256 e. The fourth-order valence-electron chi connectivity index (χ4n) is 2.34. The molecule has 0 aliphatic heterocycles. The van der Waals surface area contributed by atoms with E-state index in [1.54, 1.807) is 32.4 Å². The van der Waals surface area contributed by atoms with Crippen molar-refractivity contribution in [3.63, 3.8) is 0 Å². The number of hydrogen-bond donors (Lipinski definition) is 1. The highest BCUT2D eigenvalue weighted by atomic mass is 32.2. The summed E-state index contributed by atoms with van der Waals surface area (Å²) in [7, 11) is 1.61. The Morgan fingerprint density at radius 3 is 2.59 bits per heavy atom. The molecule has 1 N–H and O–H groups in total. The van der Waals surface area contributed by atoms with Crippen LogP contribution in [0.15, 0.2) is 64.4 Å². The summed E-state index contributed by atoms with van der Waals surface area (Å²) in [6, 6.07) is 13.5. The van der Waals surface area contributed by atoms with Crippen LogP contribution in [0.25, 0.3) is 11.3 Å². The monoisotopic (exact) mass is 386 g/mol. The van der Waals surface area contributed by atoms with Gasteiger partial charge >= 0.3 is 0 Å². The number of rotatable bonds is 7. The van der Waals surface area contributed by atoms with Crippen LogP contribution < -0.4 is 10.1 Å². The second-order valence-corrected chi connectivity index (χ2v) is 7.12. The maximum absolute atomic E-state index is 13.0. The zero-order valence-corrected chi connectivity index (χ0v) is 15.8. The molecule has 2 aromatic carbocycles. The highest BCUT2D eigenvalue weighted by Gasteiger charge is 2.17. The molecular weight excluding hydrogens is 367 g/mol. The Kier molecular flexibility index (Phi) is 6.13. The van der Waals surface area contributed by atoms with E-state index in [9.17, 15) is 9.18 Å². The second kappa shape index (κ2) is 8.73. The predicted octanol–water partition coefficient (Wildman–Crippen LogP) is 4.29. The Bertz CT molecular complexity index is 894. The summed E-state index contributed by atoms with van der Waals surface area (Å²) >= 11 is 1.23. The van der Waals surface area contributed by atoms with Crippen LogP contribution in [0.5, 0.6) is 5.75 Å². The smallest absolute Gasteiger partial charge is 0.256 e. The van der Waals surface area contributed by atoms with E-state index in [-0.39, 0.29) is 17.0 Å². The van der Waals surface area contributed by atoms with Gasteiger partial charge in [0.05, 0.1) is 18.6 Å². The lowest BCUT2D eigenvalue weighted by Crippen LogP contribution is -2.30. The van der Waals surface area contributed by atoms with Crippen LogP contribution in [-0.2, 0) is 11.3 Å². The van der Waals surface area contributed by atoms with Gasteiger partial charge in [-0.15, -0.1) is 0 Å². The van der Waals surface area contributed by atoms with Gasteiger partial charge in [0.2, 0.25) is 5.91 Å². The molecule has 7 heteroatoms. The first kappa shape index (κ1) is 19.0. The van der Waals surface area contributed by atoms with Gasteiger partial charge in [0.15, 0.2) is 5.76 Å². The van der Waals surface area contributed by atoms with E-state index in [1.165, 1.54) is 23.9 Å². The number of carbonyl (C=O) groups excluding carboxylic acids is 1. The first-order valence-corrected chi connectivity index (χ1v) is 9.22. The second-order valence-electron chi connectivity index (χ2n) is 5.82. The third kappa shape index (κ3) is 5.10. The Morgan fingerprint density at radius 1 is 1.22 bits per heavy atom. The minimum Gasteiger partial charge on any atom is -0.497 e. The van der Waals surface area contributed by atoms with Crippen LogP contribution in [0.4, 0.5) is 4.39 Å². The molecule has 1 unspecified atom stereocenters. The highest BCUT2D eigenvalue weighted by molar-refractivity contribution is 8.00. The third-order valence-electron chi connectivity index (χ3n) is 3.89. The molecule has 27 heavy (non-hydrogen) atoms. The molecule has 1 aromatic heterocycles. The number of thioether (sulfide) groups is 1. The fraction of sp³-hybridized carbons (Fsp3) is 0.200. The molecule has 1 atom stereocenters. The van der Waals surface area contributed by atoms with E-state index >= 15 is 0 Å². The summed E-state index contributed by atoms with van der Waals surface area (Å²) in [5.41, 5.74) is 1.71. The molecule has 0 saturated carbocycles. The van der Waals surface area contributed by atoms with Gasteiger partial charge in [-0.2, -0.15) is 0 Å². The van der Waals surface area contributed by atoms with Crippen LogP contribution in [0, 0.1) is 5.82 Å². The summed E-state index contributed by atoms with van der Waals surface area (Å²) in [6.45, 7) is 2.22. The van der Waals surface area contributed by atoms with Gasteiger partial charge in [-0.1, -0.05) is 23.9 Å². The van der Waals surface area contributed by atoms with Gasteiger partial charge < -0.3 is 14.5 Å². The first-order chi connectivity index (χ1) is 13.0. The predicted molar refractivity (Wildman–Crippen MR) is 102 cm³/mol. The average molecular weight is 386 g/mol. The lowest BCUT2D eigenvalue weighted by atomic mass is 10.2. The average Bonchev–Trinajstić information content (AvgIpc) is 3.15. The molecule has 1 heterocycles. The van der Waals surface area contributed by atoms with Gasteiger partial charge in [-0.25, -0.2) is 9.37 Å². The number of carbonyl (C=O) groups is 1. The Labute approximate surface area is 160 Å². The van der Waals surface area contributed by atoms with Crippen molar-refractivity contribution in [1.82, 2.24) is 10.3 Å². The van der Waals surface area contributed by atoms with Crippen molar-refractivity contribution < 1.29 is 18.3 Å². The van der Waals surface area contributed by atoms with E-state index in [0.717, 1.165) is 16.9 Å². The van der Waals surface area contributed by atoms with Crippen LogP contribution >= 0.6 is 11.8 Å². The summed E-state index contributed by atoms with van der Waals surface area (Å²) in [4.78, 5) is 16.5. The summed E-state index contributed by atoms with van der Waals surface area (Å²) in [6.07, 6.45) is 1.57. The van der Waals surface area contributed by atoms with Gasteiger partial charge in [0, 0.05) is 12.1 Å². The van der Waals surface area contributed by atoms with E-state index in [1.807, 2.05) is 24.3 Å². The molecule has 3 aromatic rings. The standard InChI is InChI=1S/C20H19FN2O3S/c1-13(19(24)22-11-14-3-9-17(25-2)10-4-14)27-20-23-12-18(26-20)15-5-7-16(21)8-6-15/h3-10,12-13H,11H2,1-2H3,(H,22,24). The molecular formula is C20H19FN2O3S. The van der Waals surface area contributed by atoms with Crippen molar-refractivity contribution in [2.24, 2.45) is 0 Å². The topological polar surface area (TPSA) is 64.4 Å². The van der Waals surface area contributed by atoms with Gasteiger partial charge in [0.25, 0.3) is 5.22 Å². The Morgan fingerprint density at radius 2 is 1.93 bits per heavy atom. The van der Waals surface area contributed by atoms with Crippen molar-refractivity contribution >= 4 is 17.7 Å². The number of aromatic nitrogens is 1. The fourth-order valence-corrected chi connectivity index (χ4v) is 3.09. The van der Waals surface area contributed by atoms with Gasteiger partial charge in [-0.05, 0) is 48.9 Å². The molecule has 0 saturated heterocycles. The molecule has 0 radical (unpaired) electrons. The van der Waals surface area contributed by atoms with Crippen molar-refractivity contribution in [1.29, 1.82) is 0 Å². The lowest BCUT2D eigenvalue weighted by Gasteiger charge is -2.10. The molecule has 0 bridgehead atoms. The molecule has 0 aliphatic carbocycles. The van der Waals surface area contributed by atoms with Crippen LogP contribution in [0.2, 0.25) is 0 Å². The van der Waals surface area contributed by atoms with E-state index in [0.29, 0.717) is 17.5 Å². The van der Waals surface area contributed by atoms with Crippen LogP contribution in [0.3, 0.4) is 0 Å². The van der Waals surface area contributed by atoms with Crippen molar-refractivity contribution in [2.45, 2.75) is 23.9 Å². The first-order valence-electron chi connectivity index (χ1n) is 8.34. The molecule has 1 amide bonds.